The van der Waals surface area contributed by atoms with Gasteiger partial charge in [0.05, 0.1) is 25.5 Å². The zero-order chi connectivity index (χ0) is 24.6. The molecule has 6 rings (SSSR count). The average Bonchev–Trinajstić information content (AvgIpc) is 3.59. The number of H-pyrrole nitrogens is 1. The number of aliphatic hydroxyl groups is 1. The van der Waals surface area contributed by atoms with E-state index in [2.05, 4.69) is 47.4 Å². The van der Waals surface area contributed by atoms with Gasteiger partial charge in [-0.2, -0.15) is 5.10 Å². The molecule has 4 heterocycles. The van der Waals surface area contributed by atoms with Gasteiger partial charge in [-0.3, -0.25) is 0 Å². The SMILES string of the molecule is C1CC12COC2.CC(C)c1c(-c2cc(CO)/c(=N/N)n(N)c2)[nH]c2ccc(C3CCNCC3)cc12. The number of nitrogens with zero attached hydrogens (tertiary/aromatic N) is 2. The highest BCUT2D eigenvalue weighted by Crippen LogP contribution is 2.51. The first-order valence-electron chi connectivity index (χ1n) is 12.7. The van der Waals surface area contributed by atoms with E-state index in [1.54, 1.807) is 6.20 Å². The smallest absolute Gasteiger partial charge is 0.175 e. The maximum absolute atomic E-state index is 9.74. The van der Waals surface area contributed by atoms with Crippen molar-refractivity contribution in [2.24, 2.45) is 16.4 Å². The molecular formula is C27H38N6O2. The van der Waals surface area contributed by atoms with E-state index in [0.29, 0.717) is 22.9 Å². The molecule has 2 aromatic heterocycles. The lowest BCUT2D eigenvalue weighted by Crippen LogP contribution is -2.32. The lowest BCUT2D eigenvalue weighted by atomic mass is 9.88. The number of pyridine rings is 1. The Hall–Kier alpha value is -2.81. The van der Waals surface area contributed by atoms with Gasteiger partial charge < -0.3 is 31.8 Å². The van der Waals surface area contributed by atoms with Crippen molar-refractivity contribution < 1.29 is 9.84 Å². The summed E-state index contributed by atoms with van der Waals surface area (Å²) in [6.45, 7) is 8.51. The van der Waals surface area contributed by atoms with Crippen LogP contribution in [0.4, 0.5) is 0 Å². The molecule has 0 bridgehead atoms. The molecule has 188 valence electrons. The maximum Gasteiger partial charge on any atom is 0.175 e. The van der Waals surface area contributed by atoms with E-state index in [0.717, 1.165) is 48.5 Å². The third-order valence-corrected chi connectivity index (χ3v) is 7.75. The number of rotatable bonds is 4. The van der Waals surface area contributed by atoms with E-state index < -0.39 is 0 Å². The van der Waals surface area contributed by atoms with E-state index >= 15 is 0 Å². The van der Waals surface area contributed by atoms with Gasteiger partial charge in [0.2, 0.25) is 0 Å². The molecule has 1 aliphatic carbocycles. The molecule has 8 nitrogen and oxygen atoms in total. The highest BCUT2D eigenvalue weighted by molar-refractivity contribution is 5.92. The van der Waals surface area contributed by atoms with Gasteiger partial charge in [0.25, 0.3) is 0 Å². The van der Waals surface area contributed by atoms with E-state index in [1.807, 2.05) is 6.07 Å². The predicted molar refractivity (Wildman–Crippen MR) is 139 cm³/mol. The Kier molecular flexibility index (Phi) is 6.61. The van der Waals surface area contributed by atoms with Crippen molar-refractivity contribution in [3.8, 4) is 11.3 Å². The Morgan fingerprint density at radius 1 is 1.20 bits per heavy atom. The number of nitrogens with two attached hydrogens (primary N) is 2. The van der Waals surface area contributed by atoms with Crippen molar-refractivity contribution in [1.29, 1.82) is 0 Å². The third kappa shape index (κ3) is 4.70. The fraction of sp³-hybridized carbons (Fsp3) is 0.519. The Labute approximate surface area is 206 Å². The van der Waals surface area contributed by atoms with Gasteiger partial charge in [0.15, 0.2) is 5.49 Å². The van der Waals surface area contributed by atoms with E-state index in [9.17, 15) is 5.11 Å². The van der Waals surface area contributed by atoms with Crippen molar-refractivity contribution >= 4 is 10.9 Å². The van der Waals surface area contributed by atoms with Gasteiger partial charge in [-0.15, -0.1) is 0 Å². The van der Waals surface area contributed by atoms with E-state index in [-0.39, 0.29) is 6.61 Å². The number of hydrogen-bond acceptors (Lipinski definition) is 6. The second-order valence-corrected chi connectivity index (χ2v) is 10.7. The van der Waals surface area contributed by atoms with Crippen LogP contribution < -0.4 is 22.5 Å². The quantitative estimate of drug-likeness (QED) is 0.291. The third-order valence-electron chi connectivity index (χ3n) is 7.75. The normalized spacial score (nSPS) is 19.6. The van der Waals surface area contributed by atoms with Crippen LogP contribution in [0, 0.1) is 5.41 Å². The van der Waals surface area contributed by atoms with Crippen LogP contribution in [0.1, 0.15) is 68.1 Å². The number of nitrogen functional groups attached to an aromatic ring is 1. The highest BCUT2D eigenvalue weighted by Gasteiger charge is 2.49. The number of aromatic amines is 1. The average molecular weight is 479 g/mol. The van der Waals surface area contributed by atoms with Crippen LogP contribution in [-0.2, 0) is 11.3 Å². The van der Waals surface area contributed by atoms with Gasteiger partial charge in [0.1, 0.15) is 0 Å². The summed E-state index contributed by atoms with van der Waals surface area (Å²) < 4.78 is 6.37. The van der Waals surface area contributed by atoms with Crippen molar-refractivity contribution in [3.63, 3.8) is 0 Å². The van der Waals surface area contributed by atoms with Crippen LogP contribution in [0.2, 0.25) is 0 Å². The number of benzene rings is 1. The second-order valence-electron chi connectivity index (χ2n) is 10.7. The molecule has 2 aliphatic heterocycles. The molecule has 35 heavy (non-hydrogen) atoms. The molecule has 8 heteroatoms. The first-order chi connectivity index (χ1) is 16.9. The lowest BCUT2D eigenvalue weighted by molar-refractivity contribution is -0.0493. The molecule has 3 aromatic rings. The van der Waals surface area contributed by atoms with Gasteiger partial charge in [-0.05, 0) is 79.9 Å². The number of ether oxygens (including phenoxy) is 1. The molecule has 0 unspecified atom stereocenters. The first-order valence-corrected chi connectivity index (χ1v) is 12.7. The van der Waals surface area contributed by atoms with Gasteiger partial charge in [-0.25, -0.2) is 4.68 Å². The van der Waals surface area contributed by atoms with E-state index in [1.165, 1.54) is 46.9 Å². The minimum atomic E-state index is -0.182. The Morgan fingerprint density at radius 3 is 2.49 bits per heavy atom. The number of piperidine rings is 1. The molecule has 3 fully saturated rings. The molecule has 7 N–H and O–H groups in total. The summed E-state index contributed by atoms with van der Waals surface area (Å²) >= 11 is 0. The summed E-state index contributed by atoms with van der Waals surface area (Å²) in [4.78, 5) is 3.58. The van der Waals surface area contributed by atoms with Gasteiger partial charge in [-0.1, -0.05) is 19.9 Å². The second kappa shape index (κ2) is 9.68. The summed E-state index contributed by atoms with van der Waals surface area (Å²) in [6.07, 6.45) is 7.03. The molecule has 0 amide bonds. The van der Waals surface area contributed by atoms with Gasteiger partial charge in [0, 0.05) is 33.6 Å². The van der Waals surface area contributed by atoms with Crippen molar-refractivity contribution in [1.82, 2.24) is 15.0 Å². The molecule has 0 radical (unpaired) electrons. The van der Waals surface area contributed by atoms with Crippen LogP contribution >= 0.6 is 0 Å². The number of fused-ring (bicyclic) bond motifs is 1. The minimum Gasteiger partial charge on any atom is -0.392 e. The van der Waals surface area contributed by atoms with Crippen molar-refractivity contribution in [3.05, 3.63) is 52.6 Å². The summed E-state index contributed by atoms with van der Waals surface area (Å²) in [5, 5.41) is 18.1. The van der Waals surface area contributed by atoms with Crippen LogP contribution in [-0.4, -0.2) is 41.1 Å². The number of hydrogen-bond donors (Lipinski definition) is 5. The van der Waals surface area contributed by atoms with Crippen LogP contribution in [0.5, 0.6) is 0 Å². The van der Waals surface area contributed by atoms with Crippen LogP contribution in [0.15, 0.2) is 35.6 Å². The van der Waals surface area contributed by atoms with Gasteiger partial charge >= 0.3 is 0 Å². The van der Waals surface area contributed by atoms with E-state index in [4.69, 9.17) is 16.4 Å². The maximum atomic E-state index is 9.74. The molecule has 1 aromatic carbocycles. The summed E-state index contributed by atoms with van der Waals surface area (Å²) in [5.74, 6) is 12.5. The molecule has 0 atom stereocenters. The monoisotopic (exact) mass is 478 g/mol. The molecular weight excluding hydrogens is 440 g/mol. The van der Waals surface area contributed by atoms with Crippen molar-refractivity contribution in [2.45, 2.75) is 58.0 Å². The largest absolute Gasteiger partial charge is 0.392 e. The van der Waals surface area contributed by atoms with Crippen LogP contribution in [0.3, 0.4) is 0 Å². The topological polar surface area (TPSA) is 127 Å². The lowest BCUT2D eigenvalue weighted by Gasteiger charge is -2.24. The number of aliphatic hydroxyl groups excluding tert-OH is 1. The zero-order valence-electron chi connectivity index (χ0n) is 20.8. The molecule has 2 saturated heterocycles. The highest BCUT2D eigenvalue weighted by atomic mass is 16.5. The molecule has 1 saturated carbocycles. The summed E-state index contributed by atoms with van der Waals surface area (Å²) in [6, 6.07) is 8.70. The minimum absolute atomic E-state index is 0.182. The molecule has 3 aliphatic rings. The summed E-state index contributed by atoms with van der Waals surface area (Å²) in [7, 11) is 0. The number of aromatic nitrogens is 2. The van der Waals surface area contributed by atoms with Crippen molar-refractivity contribution in [2.75, 3.05) is 32.1 Å². The standard InChI is InChI=1S/C22H30N6O.C5H8O/c1-13(2)20-18-10-15(14-5-7-25-8-6-14)3-4-19(18)26-21(20)16-9-17(12-29)22(27-23)28(24)11-16;1-2-5(1)3-6-4-5/h3-4,9-11,13-14,25-26,29H,5-8,12,23-24H2,1-2H3;1-4H2/b27-22-;. The Balaban J connectivity index is 0.000000362. The fourth-order valence-electron chi connectivity index (χ4n) is 5.39. The Morgan fingerprint density at radius 2 is 1.94 bits per heavy atom. The molecule has 1 spiro atoms. The van der Waals surface area contributed by atoms with Crippen LogP contribution in [0.25, 0.3) is 22.2 Å². The number of nitrogens with one attached hydrogen (secondary N) is 2. The predicted octanol–water partition coefficient (Wildman–Crippen LogP) is 3.00. The Bertz CT molecular complexity index is 1260. The summed E-state index contributed by atoms with van der Waals surface area (Å²) in [5.41, 5.74) is 7.43. The first kappa shape index (κ1) is 23.9. The zero-order valence-corrected chi connectivity index (χ0v) is 20.8. The fourth-order valence-corrected chi connectivity index (χ4v) is 5.39.